The van der Waals surface area contributed by atoms with Gasteiger partial charge in [-0.2, -0.15) is 0 Å². The lowest BCUT2D eigenvalue weighted by atomic mass is 9.98. The molecule has 19 heavy (non-hydrogen) atoms. The van der Waals surface area contributed by atoms with E-state index >= 15 is 0 Å². The topological polar surface area (TPSA) is 69.6 Å². The Morgan fingerprint density at radius 3 is 2.42 bits per heavy atom. The van der Waals surface area contributed by atoms with Crippen molar-refractivity contribution < 1.29 is 14.7 Å². The van der Waals surface area contributed by atoms with Crippen LogP contribution in [-0.2, 0) is 4.79 Å². The smallest absolute Gasteiger partial charge is 0.329 e. The van der Waals surface area contributed by atoms with Crippen LogP contribution in [0.25, 0.3) is 0 Å². The van der Waals surface area contributed by atoms with Crippen LogP contribution in [0, 0.1) is 11.8 Å². The molecule has 0 heterocycles. The van der Waals surface area contributed by atoms with Gasteiger partial charge in [0.1, 0.15) is 5.54 Å². The maximum atomic E-state index is 12.1. The van der Waals surface area contributed by atoms with E-state index in [0.29, 0.717) is 24.9 Å². The molecule has 0 radical (unpaired) electrons. The Balaban J connectivity index is 2.57. The molecule has 0 aromatic rings. The van der Waals surface area contributed by atoms with Gasteiger partial charge < -0.3 is 15.3 Å². The van der Waals surface area contributed by atoms with E-state index < -0.39 is 11.5 Å². The Labute approximate surface area is 115 Å². The van der Waals surface area contributed by atoms with Crippen molar-refractivity contribution in [3.8, 4) is 0 Å². The van der Waals surface area contributed by atoms with Gasteiger partial charge in [-0.25, -0.2) is 9.59 Å². The number of urea groups is 1. The number of rotatable bonds is 5. The van der Waals surface area contributed by atoms with E-state index in [1.54, 1.807) is 20.8 Å². The molecule has 0 bridgehead atoms. The molecular weight excluding hydrogens is 244 g/mol. The van der Waals surface area contributed by atoms with Crippen molar-refractivity contribution in [1.82, 2.24) is 10.2 Å². The summed E-state index contributed by atoms with van der Waals surface area (Å²) in [5.41, 5.74) is -1.18. The van der Waals surface area contributed by atoms with Crippen molar-refractivity contribution in [2.24, 2.45) is 11.8 Å². The largest absolute Gasteiger partial charge is 0.480 e. The van der Waals surface area contributed by atoms with Crippen molar-refractivity contribution in [3.05, 3.63) is 0 Å². The van der Waals surface area contributed by atoms with Crippen molar-refractivity contribution in [3.63, 3.8) is 0 Å². The highest BCUT2D eigenvalue weighted by Gasteiger charge is 2.37. The van der Waals surface area contributed by atoms with Crippen LogP contribution in [0.3, 0.4) is 0 Å². The predicted molar refractivity (Wildman–Crippen MR) is 74.0 cm³/mol. The van der Waals surface area contributed by atoms with Gasteiger partial charge in [0.05, 0.1) is 0 Å². The summed E-state index contributed by atoms with van der Waals surface area (Å²) in [4.78, 5) is 24.7. The van der Waals surface area contributed by atoms with Crippen LogP contribution in [0.4, 0.5) is 4.79 Å². The van der Waals surface area contributed by atoms with Crippen LogP contribution in [0.5, 0.6) is 0 Å². The second kappa shape index (κ2) is 6.26. The zero-order valence-electron chi connectivity index (χ0n) is 12.4. The first kappa shape index (κ1) is 15.8. The number of carboxylic acids is 1. The molecule has 0 aromatic carbocycles. The van der Waals surface area contributed by atoms with Gasteiger partial charge in [-0.05, 0) is 39.0 Å². The summed E-state index contributed by atoms with van der Waals surface area (Å²) >= 11 is 0. The summed E-state index contributed by atoms with van der Waals surface area (Å²) in [6, 6.07) is -0.283. The van der Waals surface area contributed by atoms with Crippen LogP contribution in [0.2, 0.25) is 0 Å². The number of carboxylic acid groups (broad SMARTS) is 1. The number of hydrogen-bond acceptors (Lipinski definition) is 2. The summed E-state index contributed by atoms with van der Waals surface area (Å²) in [6.45, 7) is 8.13. The van der Waals surface area contributed by atoms with Crippen LogP contribution < -0.4 is 5.32 Å². The van der Waals surface area contributed by atoms with Gasteiger partial charge in [0.15, 0.2) is 0 Å². The van der Waals surface area contributed by atoms with E-state index in [-0.39, 0.29) is 6.03 Å². The van der Waals surface area contributed by atoms with Crippen LogP contribution in [0.15, 0.2) is 0 Å². The normalized spacial score (nSPS) is 23.2. The quantitative estimate of drug-likeness (QED) is 0.805. The van der Waals surface area contributed by atoms with Crippen molar-refractivity contribution in [2.45, 2.75) is 52.5 Å². The maximum absolute atomic E-state index is 12.1. The fraction of sp³-hybridized carbons (Fsp3) is 0.857. The summed E-state index contributed by atoms with van der Waals surface area (Å²) in [7, 11) is 0. The van der Waals surface area contributed by atoms with Gasteiger partial charge in [0, 0.05) is 13.1 Å². The molecule has 2 unspecified atom stereocenters. The molecule has 2 N–H and O–H groups in total. The third-order valence-electron chi connectivity index (χ3n) is 4.31. The molecule has 0 aromatic heterocycles. The fourth-order valence-electron chi connectivity index (χ4n) is 2.75. The average molecular weight is 270 g/mol. The number of carbonyl (C=O) groups excluding carboxylic acids is 1. The minimum atomic E-state index is -1.18. The molecule has 0 aliphatic heterocycles. The Hall–Kier alpha value is -1.26. The number of aliphatic carboxylic acids is 1. The van der Waals surface area contributed by atoms with Crippen LogP contribution in [0.1, 0.15) is 47.0 Å². The second-order valence-corrected chi connectivity index (χ2v) is 5.96. The number of nitrogens with zero attached hydrogens (tertiary/aromatic N) is 1. The zero-order valence-corrected chi connectivity index (χ0v) is 12.4. The lowest BCUT2D eigenvalue weighted by Gasteiger charge is -2.34. The summed E-state index contributed by atoms with van der Waals surface area (Å²) < 4.78 is 0. The van der Waals surface area contributed by atoms with Crippen LogP contribution >= 0.6 is 0 Å². The molecule has 5 heteroatoms. The summed E-state index contributed by atoms with van der Waals surface area (Å²) in [5.74, 6) is 0.178. The standard InChI is InChI=1S/C14H26N2O3/c1-5-16(14(3,4)12(17)18)13(19)15-9-11-8-6-7-10(11)2/h10-11H,5-9H2,1-4H3,(H,15,19)(H,17,18). The Morgan fingerprint density at radius 1 is 1.37 bits per heavy atom. The van der Waals surface area contributed by atoms with E-state index in [9.17, 15) is 14.7 Å². The lowest BCUT2D eigenvalue weighted by Crippen LogP contribution is -2.56. The van der Waals surface area contributed by atoms with E-state index in [1.807, 2.05) is 0 Å². The van der Waals surface area contributed by atoms with Crippen molar-refractivity contribution in [2.75, 3.05) is 13.1 Å². The van der Waals surface area contributed by atoms with E-state index in [4.69, 9.17) is 0 Å². The molecule has 2 atom stereocenters. The average Bonchev–Trinajstić information content (AvgIpc) is 2.72. The molecule has 1 rings (SSSR count). The molecule has 1 saturated carbocycles. The zero-order chi connectivity index (χ0) is 14.6. The van der Waals surface area contributed by atoms with E-state index in [1.165, 1.54) is 17.7 Å². The first-order valence-corrected chi connectivity index (χ1v) is 7.09. The summed E-state index contributed by atoms with van der Waals surface area (Å²) in [5, 5.41) is 12.1. The van der Waals surface area contributed by atoms with E-state index in [0.717, 1.165) is 6.42 Å². The number of nitrogens with one attached hydrogen (secondary N) is 1. The molecule has 1 aliphatic rings. The third-order valence-corrected chi connectivity index (χ3v) is 4.31. The third kappa shape index (κ3) is 3.61. The second-order valence-electron chi connectivity index (χ2n) is 5.96. The monoisotopic (exact) mass is 270 g/mol. The highest BCUT2D eigenvalue weighted by Crippen LogP contribution is 2.30. The molecule has 1 aliphatic carbocycles. The van der Waals surface area contributed by atoms with Crippen LogP contribution in [-0.4, -0.2) is 40.6 Å². The van der Waals surface area contributed by atoms with Gasteiger partial charge in [0.25, 0.3) is 0 Å². The molecule has 110 valence electrons. The SMILES string of the molecule is CCN(C(=O)NCC1CCCC1C)C(C)(C)C(=O)O. The molecule has 5 nitrogen and oxygen atoms in total. The molecule has 1 fully saturated rings. The minimum Gasteiger partial charge on any atom is -0.480 e. The van der Waals surface area contributed by atoms with Crippen molar-refractivity contribution in [1.29, 1.82) is 0 Å². The molecule has 0 saturated heterocycles. The van der Waals surface area contributed by atoms with Gasteiger partial charge in [0.2, 0.25) is 0 Å². The number of carbonyl (C=O) groups is 2. The van der Waals surface area contributed by atoms with Gasteiger partial charge in [-0.1, -0.05) is 19.8 Å². The molecule has 0 spiro atoms. The first-order chi connectivity index (χ1) is 8.80. The Kier molecular flexibility index (Phi) is 5.20. The Bertz CT molecular complexity index is 342. The summed E-state index contributed by atoms with van der Waals surface area (Å²) in [6.07, 6.45) is 3.59. The molecular formula is C14H26N2O3. The lowest BCUT2D eigenvalue weighted by molar-refractivity contribution is -0.147. The number of hydrogen-bond donors (Lipinski definition) is 2. The first-order valence-electron chi connectivity index (χ1n) is 7.09. The number of likely N-dealkylation sites (N-methyl/N-ethyl adjacent to an activating group) is 1. The Morgan fingerprint density at radius 2 is 2.00 bits per heavy atom. The fourth-order valence-corrected chi connectivity index (χ4v) is 2.75. The van der Waals surface area contributed by atoms with Gasteiger partial charge in [-0.3, -0.25) is 0 Å². The maximum Gasteiger partial charge on any atom is 0.329 e. The highest BCUT2D eigenvalue weighted by molar-refractivity contribution is 5.85. The minimum absolute atomic E-state index is 0.283. The highest BCUT2D eigenvalue weighted by atomic mass is 16.4. The van der Waals surface area contributed by atoms with Crippen molar-refractivity contribution >= 4 is 12.0 Å². The van der Waals surface area contributed by atoms with Gasteiger partial charge in [-0.15, -0.1) is 0 Å². The predicted octanol–water partition coefficient (Wildman–Crippen LogP) is 2.32. The molecule has 2 amide bonds. The number of amides is 2. The van der Waals surface area contributed by atoms with Gasteiger partial charge >= 0.3 is 12.0 Å². The van der Waals surface area contributed by atoms with E-state index in [2.05, 4.69) is 12.2 Å².